The molecule has 2 N–H and O–H groups in total. The predicted octanol–water partition coefficient (Wildman–Crippen LogP) is 2.58. The maximum Gasteiger partial charge on any atom is 0.492 e. The fraction of sp³-hybridized carbons (Fsp3) is 0.600. The molecule has 0 spiro atoms. The van der Waals surface area contributed by atoms with E-state index in [1.165, 1.54) is 13.0 Å². The molecule has 0 radical (unpaired) electrons. The summed E-state index contributed by atoms with van der Waals surface area (Å²) in [6.07, 6.45) is -2.22. The normalized spacial score (nSPS) is 20.0. The van der Waals surface area contributed by atoms with E-state index in [9.17, 15) is 18.0 Å². The van der Waals surface area contributed by atoms with Crippen LogP contribution >= 0.6 is 0 Å². The molecule has 10 heteroatoms. The summed E-state index contributed by atoms with van der Waals surface area (Å²) in [5.74, 6) is -0.314. The molecule has 138 valence electrons. The molecule has 0 unspecified atom stereocenters. The molecule has 25 heavy (non-hydrogen) atoms. The molecule has 0 bridgehead atoms. The van der Waals surface area contributed by atoms with E-state index in [2.05, 4.69) is 10.4 Å². The van der Waals surface area contributed by atoms with Crippen LogP contribution in [0, 0.1) is 0 Å². The quantitative estimate of drug-likeness (QED) is 0.811. The Bertz CT molecular complexity index is 667. The first-order valence-corrected chi connectivity index (χ1v) is 7.74. The summed E-state index contributed by atoms with van der Waals surface area (Å²) in [7, 11) is -0.882. The number of alkyl halides is 3. The van der Waals surface area contributed by atoms with Crippen LogP contribution in [-0.4, -0.2) is 41.0 Å². The number of hydrogen-bond donors (Lipinski definition) is 2. The molecule has 1 aromatic rings. The summed E-state index contributed by atoms with van der Waals surface area (Å²) < 4.78 is 50.9. The molecule has 1 saturated heterocycles. The van der Waals surface area contributed by atoms with Gasteiger partial charge in [0, 0.05) is 19.0 Å². The molecule has 2 heterocycles. The molecular formula is C15H21BF3N3O3. The summed E-state index contributed by atoms with van der Waals surface area (Å²) >= 11 is 0. The van der Waals surface area contributed by atoms with E-state index < -0.39 is 30.2 Å². The third kappa shape index (κ3) is 4.24. The van der Waals surface area contributed by atoms with Gasteiger partial charge in [-0.1, -0.05) is 6.08 Å². The van der Waals surface area contributed by atoms with Crippen LogP contribution in [0.1, 0.15) is 45.9 Å². The van der Waals surface area contributed by atoms with Gasteiger partial charge in [0.15, 0.2) is 0 Å². The van der Waals surface area contributed by atoms with Crippen LogP contribution in [0.4, 0.5) is 13.2 Å². The highest BCUT2D eigenvalue weighted by atomic mass is 19.4. The fourth-order valence-electron chi connectivity index (χ4n) is 2.26. The lowest BCUT2D eigenvalue weighted by Crippen LogP contribution is -2.41. The number of aromatic amines is 1. The Morgan fingerprint density at radius 2 is 1.88 bits per heavy atom. The zero-order valence-corrected chi connectivity index (χ0v) is 14.7. The third-order valence-electron chi connectivity index (χ3n) is 4.39. The molecule has 6 nitrogen and oxygen atoms in total. The van der Waals surface area contributed by atoms with Crippen molar-refractivity contribution in [3.8, 4) is 0 Å². The van der Waals surface area contributed by atoms with Crippen molar-refractivity contribution >= 4 is 19.1 Å². The Labute approximate surface area is 144 Å². The van der Waals surface area contributed by atoms with Gasteiger partial charge >= 0.3 is 13.3 Å². The number of amides is 1. The monoisotopic (exact) mass is 359 g/mol. The van der Waals surface area contributed by atoms with Crippen molar-refractivity contribution in [2.75, 3.05) is 6.54 Å². The molecule has 0 aliphatic carbocycles. The van der Waals surface area contributed by atoms with E-state index in [0.717, 1.165) is 6.20 Å². The first-order chi connectivity index (χ1) is 11.3. The van der Waals surface area contributed by atoms with E-state index in [0.29, 0.717) is 5.47 Å². The van der Waals surface area contributed by atoms with E-state index in [1.807, 2.05) is 32.8 Å². The summed E-state index contributed by atoms with van der Waals surface area (Å²) in [5, 5.41) is 7.98. The molecule has 1 amide bonds. The van der Waals surface area contributed by atoms with Crippen LogP contribution in [0.5, 0.6) is 0 Å². The minimum atomic E-state index is -4.57. The van der Waals surface area contributed by atoms with Gasteiger partial charge in [-0.2, -0.15) is 18.3 Å². The number of nitrogens with one attached hydrogen (secondary N) is 2. The average Bonchev–Trinajstić information content (AvgIpc) is 2.97. The van der Waals surface area contributed by atoms with Crippen molar-refractivity contribution < 1.29 is 27.3 Å². The van der Waals surface area contributed by atoms with Gasteiger partial charge in [0.05, 0.1) is 17.4 Å². The van der Waals surface area contributed by atoms with Crippen molar-refractivity contribution in [2.45, 2.75) is 52.0 Å². The van der Waals surface area contributed by atoms with Crippen LogP contribution in [-0.2, 0) is 20.3 Å². The number of nitrogens with zero attached hydrogens (tertiary/aromatic N) is 1. The molecule has 0 saturated carbocycles. The van der Waals surface area contributed by atoms with Crippen molar-refractivity contribution in [3.63, 3.8) is 0 Å². The highest BCUT2D eigenvalue weighted by Gasteiger charge is 2.52. The fourth-order valence-corrected chi connectivity index (χ4v) is 2.26. The number of H-pyrrole nitrogens is 1. The van der Waals surface area contributed by atoms with Gasteiger partial charge in [-0.15, -0.1) is 0 Å². The minimum Gasteiger partial charge on any atom is -0.400 e. The Morgan fingerprint density at radius 3 is 2.36 bits per heavy atom. The molecule has 1 fully saturated rings. The highest BCUT2D eigenvalue weighted by Crippen LogP contribution is 2.39. The lowest BCUT2D eigenvalue weighted by Gasteiger charge is -2.32. The van der Waals surface area contributed by atoms with Gasteiger partial charge in [0.1, 0.15) is 5.69 Å². The van der Waals surface area contributed by atoms with Gasteiger partial charge in [0.2, 0.25) is 5.91 Å². The molecule has 1 aliphatic rings. The summed E-state index contributed by atoms with van der Waals surface area (Å²) in [6, 6.07) is 0. The number of rotatable bonds is 4. The Balaban J connectivity index is 2.38. The number of hydrogen-bond acceptors (Lipinski definition) is 4. The van der Waals surface area contributed by atoms with Gasteiger partial charge < -0.3 is 14.6 Å². The largest absolute Gasteiger partial charge is 0.492 e. The van der Waals surface area contributed by atoms with Gasteiger partial charge in [-0.3, -0.25) is 9.89 Å². The van der Waals surface area contributed by atoms with Crippen LogP contribution in [0.3, 0.4) is 0 Å². The van der Waals surface area contributed by atoms with Crippen LogP contribution in [0.25, 0.3) is 6.08 Å². The minimum absolute atomic E-state index is 0.00532. The average molecular weight is 359 g/mol. The maximum atomic E-state index is 13.0. The predicted molar refractivity (Wildman–Crippen MR) is 86.3 cm³/mol. The second-order valence-corrected chi connectivity index (χ2v) is 6.92. The molecule has 0 aromatic carbocycles. The number of carbonyl (C=O) groups excluding carboxylic acids is 1. The van der Waals surface area contributed by atoms with Crippen molar-refractivity contribution in [1.82, 2.24) is 15.5 Å². The van der Waals surface area contributed by atoms with E-state index in [1.54, 1.807) is 0 Å². The Morgan fingerprint density at radius 1 is 1.32 bits per heavy atom. The number of aromatic nitrogens is 2. The standard InChI is InChI=1S/C15H21BF3N3O3/c1-9(23)20-8-11(16-24-13(2,3)14(4,5)25-16)6-10-7-21-22-12(10)15(17,18)19/h6-7H,8H2,1-5H3,(H,20,23)(H,21,22). The van der Waals surface area contributed by atoms with Crippen molar-refractivity contribution in [2.24, 2.45) is 0 Å². The summed E-state index contributed by atoms with van der Waals surface area (Å²) in [6.45, 7) is 8.66. The Kier molecular flexibility index (Phi) is 5.07. The van der Waals surface area contributed by atoms with Crippen molar-refractivity contribution in [1.29, 1.82) is 0 Å². The molecule has 0 atom stereocenters. The van der Waals surface area contributed by atoms with Crippen molar-refractivity contribution in [3.05, 3.63) is 22.9 Å². The van der Waals surface area contributed by atoms with Gasteiger partial charge in [-0.25, -0.2) is 0 Å². The zero-order chi connectivity index (χ0) is 19.0. The van der Waals surface area contributed by atoms with E-state index in [4.69, 9.17) is 9.31 Å². The zero-order valence-electron chi connectivity index (χ0n) is 14.7. The molecule has 2 rings (SSSR count). The van der Waals surface area contributed by atoms with Crippen LogP contribution in [0.15, 0.2) is 11.7 Å². The topological polar surface area (TPSA) is 76.2 Å². The van der Waals surface area contributed by atoms with Crippen LogP contribution in [0.2, 0.25) is 0 Å². The number of halogens is 3. The van der Waals surface area contributed by atoms with Gasteiger partial charge in [-0.05, 0) is 33.2 Å². The maximum absolute atomic E-state index is 13.0. The second-order valence-electron chi connectivity index (χ2n) is 6.92. The molecule has 1 aliphatic heterocycles. The smallest absolute Gasteiger partial charge is 0.400 e. The van der Waals surface area contributed by atoms with Gasteiger partial charge in [0.25, 0.3) is 0 Å². The van der Waals surface area contributed by atoms with E-state index in [-0.39, 0.29) is 18.0 Å². The Hall–Kier alpha value is -1.81. The first kappa shape index (κ1) is 19.5. The highest BCUT2D eigenvalue weighted by molar-refractivity contribution is 6.56. The lowest BCUT2D eigenvalue weighted by molar-refractivity contribution is -0.141. The molecular weight excluding hydrogens is 338 g/mol. The number of carbonyl (C=O) groups is 1. The summed E-state index contributed by atoms with van der Waals surface area (Å²) in [5.41, 5.74) is -2.07. The third-order valence-corrected chi connectivity index (χ3v) is 4.39. The van der Waals surface area contributed by atoms with E-state index >= 15 is 0 Å². The second kappa shape index (κ2) is 6.49. The lowest BCUT2D eigenvalue weighted by atomic mass is 9.77. The molecule has 1 aromatic heterocycles. The SMILES string of the molecule is CC(=O)NCC(=Cc1cn[nH]c1C(F)(F)F)B1OC(C)(C)C(C)(C)O1. The first-order valence-electron chi connectivity index (χ1n) is 7.74. The van der Waals surface area contributed by atoms with Crippen LogP contribution < -0.4 is 5.32 Å². The summed E-state index contributed by atoms with van der Waals surface area (Å²) in [4.78, 5) is 11.2.